The van der Waals surface area contributed by atoms with Gasteiger partial charge in [0.1, 0.15) is 0 Å². The van der Waals surface area contributed by atoms with E-state index in [4.69, 9.17) is 4.74 Å². The molecule has 0 spiro atoms. The smallest absolute Gasteiger partial charge is 0.175 e. The SMILES string of the molecule is CC=Cc1ccc(C#Cc2ccc(OC)c(F)c2)c(F)c1F. The van der Waals surface area contributed by atoms with Crippen molar-refractivity contribution in [2.45, 2.75) is 6.92 Å². The van der Waals surface area contributed by atoms with Gasteiger partial charge in [0.15, 0.2) is 23.2 Å². The monoisotopic (exact) mass is 302 g/mol. The van der Waals surface area contributed by atoms with Crippen LogP contribution in [0.1, 0.15) is 23.6 Å². The zero-order valence-electron chi connectivity index (χ0n) is 12.1. The molecule has 112 valence electrons. The van der Waals surface area contributed by atoms with Crippen LogP contribution < -0.4 is 4.74 Å². The normalized spacial score (nSPS) is 10.4. The Morgan fingerprint density at radius 1 is 1.00 bits per heavy atom. The van der Waals surface area contributed by atoms with Crippen molar-refractivity contribution in [3.63, 3.8) is 0 Å². The third-order valence-electron chi connectivity index (χ3n) is 2.95. The minimum absolute atomic E-state index is 0.0815. The zero-order valence-corrected chi connectivity index (χ0v) is 12.1. The highest BCUT2D eigenvalue weighted by atomic mass is 19.2. The summed E-state index contributed by atoms with van der Waals surface area (Å²) >= 11 is 0. The van der Waals surface area contributed by atoms with Gasteiger partial charge >= 0.3 is 0 Å². The van der Waals surface area contributed by atoms with E-state index in [-0.39, 0.29) is 16.9 Å². The van der Waals surface area contributed by atoms with E-state index < -0.39 is 17.5 Å². The first-order valence-electron chi connectivity index (χ1n) is 6.53. The molecule has 22 heavy (non-hydrogen) atoms. The van der Waals surface area contributed by atoms with Crippen LogP contribution in [0.3, 0.4) is 0 Å². The van der Waals surface area contributed by atoms with Crippen molar-refractivity contribution >= 4 is 6.08 Å². The molecule has 0 unspecified atom stereocenters. The summed E-state index contributed by atoms with van der Waals surface area (Å²) in [4.78, 5) is 0. The molecule has 0 heterocycles. The first-order valence-corrected chi connectivity index (χ1v) is 6.53. The van der Waals surface area contributed by atoms with E-state index >= 15 is 0 Å². The predicted octanol–water partition coefficient (Wildman–Crippen LogP) is 4.55. The molecule has 0 fully saturated rings. The minimum Gasteiger partial charge on any atom is -0.494 e. The lowest BCUT2D eigenvalue weighted by atomic mass is 10.1. The number of rotatable bonds is 2. The van der Waals surface area contributed by atoms with Gasteiger partial charge in [0.25, 0.3) is 0 Å². The van der Waals surface area contributed by atoms with Crippen LogP contribution in [-0.2, 0) is 0 Å². The highest BCUT2D eigenvalue weighted by Gasteiger charge is 2.10. The van der Waals surface area contributed by atoms with Gasteiger partial charge in [-0.1, -0.05) is 30.1 Å². The zero-order chi connectivity index (χ0) is 16.1. The molecule has 0 bridgehead atoms. The molecule has 2 aromatic carbocycles. The summed E-state index contributed by atoms with van der Waals surface area (Å²) in [6, 6.07) is 6.97. The summed E-state index contributed by atoms with van der Waals surface area (Å²) in [5.74, 6) is 2.67. The molecule has 2 aromatic rings. The quantitative estimate of drug-likeness (QED) is 0.740. The standard InChI is InChI=1S/C18H13F3O/c1-3-4-13-8-9-14(18(21)17(13)20)7-5-12-6-10-16(22-2)15(19)11-12/h3-4,6,8-11H,1-2H3. The van der Waals surface area contributed by atoms with Crippen LogP contribution in [0.25, 0.3) is 6.08 Å². The highest BCUT2D eigenvalue weighted by Crippen LogP contribution is 2.19. The molecular weight excluding hydrogens is 289 g/mol. The molecule has 0 N–H and O–H groups in total. The molecule has 0 aliphatic heterocycles. The summed E-state index contributed by atoms with van der Waals surface area (Å²) in [5.41, 5.74) is 0.415. The Morgan fingerprint density at radius 3 is 2.41 bits per heavy atom. The van der Waals surface area contributed by atoms with Gasteiger partial charge in [-0.15, -0.1) is 0 Å². The second-order valence-corrected chi connectivity index (χ2v) is 4.43. The van der Waals surface area contributed by atoms with Crippen LogP contribution in [0.4, 0.5) is 13.2 Å². The molecule has 0 aromatic heterocycles. The van der Waals surface area contributed by atoms with Gasteiger partial charge in [-0.3, -0.25) is 0 Å². The van der Waals surface area contributed by atoms with Crippen molar-refractivity contribution in [3.05, 3.63) is 70.5 Å². The maximum absolute atomic E-state index is 13.9. The Hall–Kier alpha value is -2.67. The topological polar surface area (TPSA) is 9.23 Å². The average Bonchev–Trinajstić information content (AvgIpc) is 2.51. The van der Waals surface area contributed by atoms with Crippen LogP contribution in [0.15, 0.2) is 36.4 Å². The van der Waals surface area contributed by atoms with Gasteiger partial charge < -0.3 is 4.74 Å². The molecule has 0 saturated carbocycles. The van der Waals surface area contributed by atoms with Crippen LogP contribution in [-0.4, -0.2) is 7.11 Å². The van der Waals surface area contributed by atoms with Gasteiger partial charge in [0, 0.05) is 11.1 Å². The van der Waals surface area contributed by atoms with Crippen LogP contribution in [0, 0.1) is 29.3 Å². The lowest BCUT2D eigenvalue weighted by molar-refractivity contribution is 0.386. The van der Waals surface area contributed by atoms with E-state index in [0.717, 1.165) is 0 Å². The highest BCUT2D eigenvalue weighted by molar-refractivity contribution is 5.54. The molecule has 0 atom stereocenters. The number of hydrogen-bond acceptors (Lipinski definition) is 1. The lowest BCUT2D eigenvalue weighted by Crippen LogP contribution is -1.93. The van der Waals surface area contributed by atoms with E-state index in [0.29, 0.717) is 5.56 Å². The summed E-state index contributed by atoms with van der Waals surface area (Å²) in [5, 5.41) is 0. The van der Waals surface area contributed by atoms with Crippen molar-refractivity contribution in [1.29, 1.82) is 0 Å². The maximum atomic E-state index is 13.9. The number of benzene rings is 2. The first kappa shape index (κ1) is 15.7. The van der Waals surface area contributed by atoms with Gasteiger partial charge in [-0.2, -0.15) is 0 Å². The molecule has 0 aliphatic carbocycles. The van der Waals surface area contributed by atoms with Gasteiger partial charge in [0.05, 0.1) is 12.7 Å². The minimum atomic E-state index is -1.02. The molecule has 0 saturated heterocycles. The molecular formula is C18H13F3O. The van der Waals surface area contributed by atoms with Crippen LogP contribution in [0.5, 0.6) is 5.75 Å². The van der Waals surface area contributed by atoms with Gasteiger partial charge in [0.2, 0.25) is 0 Å². The molecule has 2 rings (SSSR count). The van der Waals surface area contributed by atoms with Gasteiger partial charge in [-0.05, 0) is 31.2 Å². The van der Waals surface area contributed by atoms with Gasteiger partial charge in [-0.25, -0.2) is 13.2 Å². The number of allylic oxidation sites excluding steroid dienone is 1. The van der Waals surface area contributed by atoms with Crippen molar-refractivity contribution in [2.24, 2.45) is 0 Å². The second-order valence-electron chi connectivity index (χ2n) is 4.43. The van der Waals surface area contributed by atoms with Crippen molar-refractivity contribution < 1.29 is 17.9 Å². The summed E-state index contributed by atoms with van der Waals surface area (Å²) in [6.07, 6.45) is 3.08. The Labute approximate surface area is 127 Å². The van der Waals surface area contributed by atoms with E-state index in [1.54, 1.807) is 13.0 Å². The Kier molecular flexibility index (Phi) is 4.90. The molecule has 1 nitrogen and oxygen atoms in total. The predicted molar refractivity (Wildman–Crippen MR) is 80.0 cm³/mol. The van der Waals surface area contributed by atoms with E-state index in [9.17, 15) is 13.2 Å². The first-order chi connectivity index (χ1) is 10.6. The summed E-state index contributed by atoms with van der Waals surface area (Å²) < 4.78 is 46.0. The summed E-state index contributed by atoms with van der Waals surface area (Å²) in [7, 11) is 1.36. The van der Waals surface area contributed by atoms with E-state index in [1.807, 2.05) is 0 Å². The Morgan fingerprint density at radius 2 is 1.77 bits per heavy atom. The third kappa shape index (κ3) is 3.32. The van der Waals surface area contributed by atoms with Crippen molar-refractivity contribution in [3.8, 4) is 17.6 Å². The second kappa shape index (κ2) is 6.86. The molecule has 0 aliphatic rings. The molecule has 0 amide bonds. The Bertz CT molecular complexity index is 783. The van der Waals surface area contributed by atoms with E-state index in [1.165, 1.54) is 43.5 Å². The number of ether oxygens (including phenoxy) is 1. The van der Waals surface area contributed by atoms with Crippen molar-refractivity contribution in [1.82, 2.24) is 0 Å². The van der Waals surface area contributed by atoms with Crippen LogP contribution >= 0.6 is 0 Å². The number of hydrogen-bond donors (Lipinski definition) is 0. The molecule has 4 heteroatoms. The third-order valence-corrected chi connectivity index (χ3v) is 2.95. The molecule has 0 radical (unpaired) electrons. The van der Waals surface area contributed by atoms with Crippen molar-refractivity contribution in [2.75, 3.05) is 7.11 Å². The lowest BCUT2D eigenvalue weighted by Gasteiger charge is -2.01. The number of methoxy groups -OCH3 is 1. The fourth-order valence-electron chi connectivity index (χ4n) is 1.85. The van der Waals surface area contributed by atoms with Crippen LogP contribution in [0.2, 0.25) is 0 Å². The number of halogens is 3. The summed E-state index contributed by atoms with van der Waals surface area (Å²) in [6.45, 7) is 1.71. The fourth-order valence-corrected chi connectivity index (χ4v) is 1.85. The van der Waals surface area contributed by atoms with E-state index in [2.05, 4.69) is 11.8 Å². The average molecular weight is 302 g/mol. The Balaban J connectivity index is 2.36. The fraction of sp³-hybridized carbons (Fsp3) is 0.111. The maximum Gasteiger partial charge on any atom is 0.175 e. The largest absolute Gasteiger partial charge is 0.494 e.